The molecule has 34 heavy (non-hydrogen) atoms. The molecule has 0 saturated carbocycles. The SMILES string of the molecule is Cc1ccc(OCCN(C)C(=O)Cn2cc(NC(=O)C3CCc4cc(F)ccc4O3)cn2)cc1. The highest BCUT2D eigenvalue weighted by Crippen LogP contribution is 2.28. The van der Waals surface area contributed by atoms with Gasteiger partial charge in [0.1, 0.15) is 30.5 Å². The fourth-order valence-electron chi connectivity index (χ4n) is 3.60. The van der Waals surface area contributed by atoms with Gasteiger partial charge < -0.3 is 19.7 Å². The van der Waals surface area contributed by atoms with E-state index in [1.165, 1.54) is 29.1 Å². The summed E-state index contributed by atoms with van der Waals surface area (Å²) < 4.78 is 26.2. The molecule has 1 aliphatic heterocycles. The van der Waals surface area contributed by atoms with Crippen LogP contribution in [0, 0.1) is 12.7 Å². The van der Waals surface area contributed by atoms with Crippen LogP contribution in [0.15, 0.2) is 54.9 Å². The Morgan fingerprint density at radius 3 is 2.85 bits per heavy atom. The summed E-state index contributed by atoms with van der Waals surface area (Å²) in [4.78, 5) is 26.7. The Morgan fingerprint density at radius 1 is 1.26 bits per heavy atom. The summed E-state index contributed by atoms with van der Waals surface area (Å²) in [5, 5.41) is 6.93. The summed E-state index contributed by atoms with van der Waals surface area (Å²) in [5.41, 5.74) is 2.38. The van der Waals surface area contributed by atoms with Gasteiger partial charge in [0.15, 0.2) is 6.10 Å². The number of ether oxygens (including phenoxy) is 2. The molecule has 0 bridgehead atoms. The number of carbonyl (C=O) groups excluding carboxylic acids is 2. The summed E-state index contributed by atoms with van der Waals surface area (Å²) in [5.74, 6) is 0.510. The van der Waals surface area contributed by atoms with E-state index in [4.69, 9.17) is 9.47 Å². The number of benzene rings is 2. The summed E-state index contributed by atoms with van der Waals surface area (Å²) in [7, 11) is 1.71. The Hall–Kier alpha value is -3.88. The van der Waals surface area contributed by atoms with Gasteiger partial charge in [-0.2, -0.15) is 5.10 Å². The van der Waals surface area contributed by atoms with Crippen LogP contribution >= 0.6 is 0 Å². The highest BCUT2D eigenvalue weighted by atomic mass is 19.1. The number of hydrogen-bond acceptors (Lipinski definition) is 5. The molecule has 0 aliphatic carbocycles. The van der Waals surface area contributed by atoms with Gasteiger partial charge in [-0.3, -0.25) is 14.3 Å². The van der Waals surface area contributed by atoms with Crippen molar-refractivity contribution in [2.75, 3.05) is 25.5 Å². The molecule has 178 valence electrons. The molecule has 0 saturated heterocycles. The molecule has 2 amide bonds. The van der Waals surface area contributed by atoms with E-state index in [1.807, 2.05) is 31.2 Å². The van der Waals surface area contributed by atoms with Gasteiger partial charge in [-0.1, -0.05) is 17.7 Å². The van der Waals surface area contributed by atoms with Crippen molar-refractivity contribution in [3.05, 3.63) is 71.8 Å². The van der Waals surface area contributed by atoms with Crippen molar-refractivity contribution in [3.63, 3.8) is 0 Å². The Morgan fingerprint density at radius 2 is 2.06 bits per heavy atom. The van der Waals surface area contributed by atoms with E-state index in [0.717, 1.165) is 16.9 Å². The molecule has 1 atom stereocenters. The summed E-state index contributed by atoms with van der Waals surface area (Å²) in [6.45, 7) is 2.86. The zero-order valence-corrected chi connectivity index (χ0v) is 19.2. The van der Waals surface area contributed by atoms with Gasteiger partial charge in [-0.25, -0.2) is 4.39 Å². The molecule has 9 heteroatoms. The van der Waals surface area contributed by atoms with E-state index in [-0.39, 0.29) is 24.2 Å². The molecule has 1 aliphatic rings. The zero-order valence-electron chi connectivity index (χ0n) is 19.2. The lowest BCUT2D eigenvalue weighted by Gasteiger charge is -2.25. The van der Waals surface area contributed by atoms with Crippen LogP contribution in [0.1, 0.15) is 17.5 Å². The number of aromatic nitrogens is 2. The summed E-state index contributed by atoms with van der Waals surface area (Å²) >= 11 is 0. The van der Waals surface area contributed by atoms with E-state index >= 15 is 0 Å². The number of hydrogen-bond donors (Lipinski definition) is 1. The van der Waals surface area contributed by atoms with E-state index in [1.54, 1.807) is 18.1 Å². The quantitative estimate of drug-likeness (QED) is 0.551. The number of nitrogens with zero attached hydrogens (tertiary/aromatic N) is 3. The van der Waals surface area contributed by atoms with Crippen molar-refractivity contribution in [1.82, 2.24) is 14.7 Å². The lowest BCUT2D eigenvalue weighted by Crippen LogP contribution is -2.35. The number of amides is 2. The normalized spacial score (nSPS) is 14.6. The second-order valence-electron chi connectivity index (χ2n) is 8.29. The fraction of sp³-hybridized carbons (Fsp3) is 0.320. The van der Waals surface area contributed by atoms with Crippen molar-refractivity contribution in [2.24, 2.45) is 0 Å². The van der Waals surface area contributed by atoms with Crippen molar-refractivity contribution >= 4 is 17.5 Å². The minimum absolute atomic E-state index is 0.0375. The maximum Gasteiger partial charge on any atom is 0.265 e. The van der Waals surface area contributed by atoms with Gasteiger partial charge in [0.2, 0.25) is 5.91 Å². The van der Waals surface area contributed by atoms with Crippen molar-refractivity contribution < 1.29 is 23.5 Å². The number of likely N-dealkylation sites (N-methyl/N-ethyl adjacent to an activating group) is 1. The molecule has 2 heterocycles. The molecule has 3 aromatic rings. The second kappa shape index (κ2) is 10.4. The number of fused-ring (bicyclic) bond motifs is 1. The van der Waals surface area contributed by atoms with E-state index in [2.05, 4.69) is 10.4 Å². The van der Waals surface area contributed by atoms with Crippen LogP contribution in [0.4, 0.5) is 10.1 Å². The summed E-state index contributed by atoms with van der Waals surface area (Å²) in [6, 6.07) is 12.0. The first kappa shape index (κ1) is 23.3. The van der Waals surface area contributed by atoms with Gasteiger partial charge in [-0.15, -0.1) is 0 Å². The first-order valence-corrected chi connectivity index (χ1v) is 11.1. The number of anilines is 1. The van der Waals surface area contributed by atoms with E-state index in [0.29, 0.717) is 37.4 Å². The Balaban J connectivity index is 1.23. The predicted molar refractivity (Wildman–Crippen MR) is 124 cm³/mol. The molecule has 8 nitrogen and oxygen atoms in total. The maximum absolute atomic E-state index is 13.3. The van der Waals surface area contributed by atoms with E-state index in [9.17, 15) is 14.0 Å². The molecule has 1 N–H and O–H groups in total. The van der Waals surface area contributed by atoms with Gasteiger partial charge in [0.05, 0.1) is 18.4 Å². The Kier molecular flexibility index (Phi) is 7.10. The van der Waals surface area contributed by atoms with Crippen molar-refractivity contribution in [2.45, 2.75) is 32.4 Å². The third-order valence-corrected chi connectivity index (χ3v) is 5.60. The van der Waals surface area contributed by atoms with Gasteiger partial charge in [-0.05, 0) is 55.7 Å². The van der Waals surface area contributed by atoms with Crippen LogP contribution in [0.2, 0.25) is 0 Å². The monoisotopic (exact) mass is 466 g/mol. The highest BCUT2D eigenvalue weighted by Gasteiger charge is 2.26. The smallest absolute Gasteiger partial charge is 0.265 e. The third-order valence-electron chi connectivity index (χ3n) is 5.60. The fourth-order valence-corrected chi connectivity index (χ4v) is 3.60. The number of nitrogens with one attached hydrogen (secondary N) is 1. The predicted octanol–water partition coefficient (Wildman–Crippen LogP) is 3.20. The average molecular weight is 467 g/mol. The van der Waals surface area contributed by atoms with Crippen LogP contribution in [0.5, 0.6) is 11.5 Å². The first-order valence-electron chi connectivity index (χ1n) is 11.1. The molecule has 2 aromatic carbocycles. The van der Waals surface area contributed by atoms with Crippen LogP contribution in [-0.2, 0) is 22.6 Å². The number of carbonyl (C=O) groups is 2. The largest absolute Gasteiger partial charge is 0.492 e. The average Bonchev–Trinajstić information content (AvgIpc) is 3.26. The Bertz CT molecular complexity index is 1160. The molecule has 0 spiro atoms. The maximum atomic E-state index is 13.3. The first-order chi connectivity index (χ1) is 16.4. The molecule has 0 radical (unpaired) electrons. The minimum Gasteiger partial charge on any atom is -0.492 e. The lowest BCUT2D eigenvalue weighted by atomic mass is 10.0. The minimum atomic E-state index is -0.678. The van der Waals surface area contributed by atoms with Gasteiger partial charge in [0.25, 0.3) is 5.91 Å². The standard InChI is InChI=1S/C25H27FN4O4/c1-17-3-7-21(8-4-17)33-12-11-29(2)24(31)16-30-15-20(14-27-30)28-25(32)23-9-5-18-13-19(26)6-10-22(18)34-23/h3-4,6-8,10,13-15,23H,5,9,11-12,16H2,1-2H3,(H,28,32). The number of aryl methyl sites for hydroxylation is 2. The molecule has 4 rings (SSSR count). The number of rotatable bonds is 8. The van der Waals surface area contributed by atoms with Crippen molar-refractivity contribution in [1.29, 1.82) is 0 Å². The topological polar surface area (TPSA) is 85.7 Å². The lowest BCUT2D eigenvalue weighted by molar-refractivity contribution is -0.131. The van der Waals surface area contributed by atoms with Crippen LogP contribution < -0.4 is 14.8 Å². The van der Waals surface area contributed by atoms with Crippen LogP contribution in [0.25, 0.3) is 0 Å². The molecule has 1 unspecified atom stereocenters. The van der Waals surface area contributed by atoms with Crippen LogP contribution in [0.3, 0.4) is 0 Å². The van der Waals surface area contributed by atoms with E-state index < -0.39 is 6.10 Å². The Labute approximate surface area is 197 Å². The van der Waals surface area contributed by atoms with Crippen molar-refractivity contribution in [3.8, 4) is 11.5 Å². The second-order valence-corrected chi connectivity index (χ2v) is 8.29. The third kappa shape index (κ3) is 5.92. The van der Waals surface area contributed by atoms with Crippen LogP contribution in [-0.4, -0.2) is 52.8 Å². The summed E-state index contributed by atoms with van der Waals surface area (Å²) in [6.07, 6.45) is 3.40. The molecular formula is C25H27FN4O4. The molecule has 0 fully saturated rings. The molecule has 1 aromatic heterocycles. The number of halogens is 1. The molecular weight excluding hydrogens is 439 g/mol. The van der Waals surface area contributed by atoms with Gasteiger partial charge >= 0.3 is 0 Å². The highest BCUT2D eigenvalue weighted by molar-refractivity contribution is 5.94. The van der Waals surface area contributed by atoms with Gasteiger partial charge in [0, 0.05) is 13.2 Å². The zero-order chi connectivity index (χ0) is 24.1.